The molecule has 0 amide bonds. The topological polar surface area (TPSA) is 105 Å². The molecule has 0 radical (unpaired) electrons. The summed E-state index contributed by atoms with van der Waals surface area (Å²) in [6.07, 6.45) is 0. The zero-order chi connectivity index (χ0) is 21.3. The van der Waals surface area contributed by atoms with Gasteiger partial charge in [0.05, 0.1) is 30.8 Å². The Hall–Kier alpha value is -2.24. The first kappa shape index (κ1) is 21.5. The Morgan fingerprint density at radius 3 is 2.52 bits per heavy atom. The first-order valence-corrected chi connectivity index (χ1v) is 11.3. The molecule has 0 atom stereocenters. The van der Waals surface area contributed by atoms with Gasteiger partial charge in [0.15, 0.2) is 0 Å². The lowest BCUT2D eigenvalue weighted by Crippen LogP contribution is -2.28. The van der Waals surface area contributed by atoms with Crippen molar-refractivity contribution in [2.75, 3.05) is 14.2 Å². The summed E-state index contributed by atoms with van der Waals surface area (Å²) in [6.45, 7) is 0. The molecular weight excluding hydrogens is 532 g/mol. The summed E-state index contributed by atoms with van der Waals surface area (Å²) in [5.41, 5.74) is 0.0385. The van der Waals surface area contributed by atoms with Crippen LogP contribution in [0.5, 0.6) is 5.75 Å². The Morgan fingerprint density at radius 1 is 1.17 bits per heavy atom. The number of sulfone groups is 1. The second-order valence-corrected chi connectivity index (χ2v) is 9.46. The minimum Gasteiger partial charge on any atom is -0.495 e. The molecule has 0 unspecified atom stereocenters. The molecule has 1 aromatic heterocycles. The first-order chi connectivity index (χ1) is 13.7. The number of hydrogen-bond acceptors (Lipinski definition) is 7. The molecule has 0 fully saturated rings. The Labute approximate surface area is 182 Å². The van der Waals surface area contributed by atoms with E-state index in [-0.39, 0.29) is 16.7 Å². The van der Waals surface area contributed by atoms with Crippen molar-refractivity contribution < 1.29 is 22.7 Å². The Kier molecular flexibility index (Phi) is 6.11. The number of fused-ring (bicyclic) bond motifs is 1. The van der Waals surface area contributed by atoms with Crippen molar-refractivity contribution in [2.45, 2.75) is 5.75 Å². The third kappa shape index (κ3) is 4.07. The predicted molar refractivity (Wildman–Crippen MR) is 114 cm³/mol. The molecule has 2 aromatic carbocycles. The fourth-order valence-corrected chi connectivity index (χ4v) is 4.99. The van der Waals surface area contributed by atoms with E-state index < -0.39 is 26.5 Å². The number of ether oxygens (including phenoxy) is 2. The molecule has 0 spiro atoms. The van der Waals surface area contributed by atoms with E-state index in [4.69, 9.17) is 4.74 Å². The fraction of sp³-hybridized carbons (Fsp3) is 0.167. The Balaban J connectivity index is 2.42. The van der Waals surface area contributed by atoms with E-state index in [0.29, 0.717) is 20.4 Å². The molecule has 0 bridgehead atoms. The third-order valence-corrected chi connectivity index (χ3v) is 6.40. The maximum Gasteiger partial charge on any atom is 0.425 e. The second kappa shape index (κ2) is 8.25. The lowest BCUT2D eigenvalue weighted by Gasteiger charge is -2.16. The van der Waals surface area contributed by atoms with Crippen LogP contribution in [0.2, 0.25) is 0 Å². The number of carbonyl (C=O) groups is 1. The highest BCUT2D eigenvalue weighted by Gasteiger charge is 2.28. The van der Waals surface area contributed by atoms with Crippen molar-refractivity contribution in [1.29, 1.82) is 0 Å². The summed E-state index contributed by atoms with van der Waals surface area (Å²) in [4.78, 5) is 29.4. The number of halogens is 2. The fourth-order valence-electron chi connectivity index (χ4n) is 2.77. The molecule has 3 aromatic rings. The van der Waals surface area contributed by atoms with Crippen molar-refractivity contribution in [2.24, 2.45) is 0 Å². The summed E-state index contributed by atoms with van der Waals surface area (Å²) in [7, 11) is -1.97. The highest BCUT2D eigenvalue weighted by Crippen LogP contribution is 2.28. The van der Waals surface area contributed by atoms with Crippen LogP contribution in [-0.2, 0) is 20.3 Å². The SMILES string of the molecule is COC(=O)S(=O)(=O)Cc1nc2c(Br)cc(Br)cc2c(=O)n1-c1ccccc1OC. The van der Waals surface area contributed by atoms with Gasteiger partial charge in [0.2, 0.25) is 0 Å². The Bertz CT molecular complexity index is 1290. The van der Waals surface area contributed by atoms with Crippen LogP contribution in [0.3, 0.4) is 0 Å². The molecule has 1 heterocycles. The summed E-state index contributed by atoms with van der Waals surface area (Å²) < 4.78 is 36.7. The minimum absolute atomic E-state index is 0.152. The van der Waals surface area contributed by atoms with E-state index >= 15 is 0 Å². The largest absolute Gasteiger partial charge is 0.495 e. The van der Waals surface area contributed by atoms with Gasteiger partial charge in [-0.1, -0.05) is 28.1 Å². The monoisotopic (exact) mass is 544 g/mol. The highest BCUT2D eigenvalue weighted by molar-refractivity contribution is 9.11. The summed E-state index contributed by atoms with van der Waals surface area (Å²) in [5.74, 6) is -0.646. The number of nitrogens with zero attached hydrogens (tertiary/aromatic N) is 2. The van der Waals surface area contributed by atoms with Crippen molar-refractivity contribution in [3.63, 3.8) is 0 Å². The summed E-state index contributed by atoms with van der Waals surface area (Å²) in [5, 5.41) is -1.16. The maximum atomic E-state index is 13.4. The molecule has 0 saturated heterocycles. The van der Waals surface area contributed by atoms with E-state index in [1.54, 1.807) is 36.4 Å². The second-order valence-electron chi connectivity index (χ2n) is 5.84. The van der Waals surface area contributed by atoms with Crippen molar-refractivity contribution in [3.05, 3.63) is 61.5 Å². The zero-order valence-corrected chi connectivity index (χ0v) is 19.2. The predicted octanol–water partition coefficient (Wildman–Crippen LogP) is 3.60. The van der Waals surface area contributed by atoms with E-state index in [1.165, 1.54) is 7.11 Å². The molecule has 152 valence electrons. The van der Waals surface area contributed by atoms with Gasteiger partial charge in [0, 0.05) is 8.95 Å². The normalized spacial score (nSPS) is 11.4. The molecule has 8 nitrogen and oxygen atoms in total. The average Bonchev–Trinajstić information content (AvgIpc) is 2.68. The van der Waals surface area contributed by atoms with Crippen LogP contribution in [0.25, 0.3) is 16.6 Å². The van der Waals surface area contributed by atoms with Crippen LogP contribution in [0.4, 0.5) is 4.79 Å². The van der Waals surface area contributed by atoms with Gasteiger partial charge in [0.1, 0.15) is 17.3 Å². The summed E-state index contributed by atoms with van der Waals surface area (Å²) >= 11 is 6.68. The standard InChI is InChI=1S/C18H14Br2N2O6S/c1-27-14-6-4-3-5-13(14)22-15(9-29(25,26)18(24)28-2)21-16-11(17(22)23)7-10(19)8-12(16)20/h3-8H,9H2,1-2H3. The van der Waals surface area contributed by atoms with Crippen LogP contribution < -0.4 is 10.3 Å². The molecule has 11 heteroatoms. The van der Waals surface area contributed by atoms with Crippen molar-refractivity contribution in [1.82, 2.24) is 9.55 Å². The molecule has 0 N–H and O–H groups in total. The quantitative estimate of drug-likeness (QED) is 0.461. The molecule has 3 rings (SSSR count). The van der Waals surface area contributed by atoms with Gasteiger partial charge in [-0.3, -0.25) is 9.36 Å². The third-order valence-electron chi connectivity index (χ3n) is 4.03. The smallest absolute Gasteiger partial charge is 0.425 e. The van der Waals surface area contributed by atoms with E-state index in [9.17, 15) is 18.0 Å². The van der Waals surface area contributed by atoms with Gasteiger partial charge in [-0.2, -0.15) is 0 Å². The van der Waals surface area contributed by atoms with Gasteiger partial charge in [-0.15, -0.1) is 0 Å². The van der Waals surface area contributed by atoms with E-state index in [1.807, 2.05) is 0 Å². The number of benzene rings is 2. The molecule has 0 aliphatic rings. The lowest BCUT2D eigenvalue weighted by atomic mass is 10.2. The first-order valence-electron chi connectivity index (χ1n) is 8.04. The maximum absolute atomic E-state index is 13.4. The highest BCUT2D eigenvalue weighted by atomic mass is 79.9. The van der Waals surface area contributed by atoms with Gasteiger partial charge in [0.25, 0.3) is 15.4 Å². The number of rotatable bonds is 4. The van der Waals surface area contributed by atoms with E-state index in [0.717, 1.165) is 11.7 Å². The number of para-hydroxylation sites is 2. The van der Waals surface area contributed by atoms with Gasteiger partial charge in [-0.05, 0) is 40.2 Å². The van der Waals surface area contributed by atoms with Crippen molar-refractivity contribution in [3.8, 4) is 11.4 Å². The van der Waals surface area contributed by atoms with Gasteiger partial charge < -0.3 is 9.47 Å². The van der Waals surface area contributed by atoms with Crippen molar-refractivity contribution >= 4 is 57.9 Å². The van der Waals surface area contributed by atoms with Crippen LogP contribution >= 0.6 is 31.9 Å². The summed E-state index contributed by atoms with van der Waals surface area (Å²) in [6, 6.07) is 9.86. The molecule has 29 heavy (non-hydrogen) atoms. The number of aromatic nitrogens is 2. The zero-order valence-electron chi connectivity index (χ0n) is 15.2. The number of methoxy groups -OCH3 is 2. The van der Waals surface area contributed by atoms with Crippen LogP contribution in [-0.4, -0.2) is 37.5 Å². The van der Waals surface area contributed by atoms with Gasteiger partial charge in [-0.25, -0.2) is 18.2 Å². The molecular formula is C18H14Br2N2O6S. The van der Waals surface area contributed by atoms with Crippen LogP contribution in [0.15, 0.2) is 50.1 Å². The number of hydrogen-bond donors (Lipinski definition) is 0. The number of carbonyl (C=O) groups excluding carboxylic acids is 1. The average molecular weight is 546 g/mol. The van der Waals surface area contributed by atoms with Gasteiger partial charge >= 0.3 is 5.30 Å². The Morgan fingerprint density at radius 2 is 1.86 bits per heavy atom. The lowest BCUT2D eigenvalue weighted by molar-refractivity contribution is 0.197. The molecule has 0 aliphatic heterocycles. The van der Waals surface area contributed by atoms with Crippen LogP contribution in [0.1, 0.15) is 5.82 Å². The van der Waals surface area contributed by atoms with E-state index in [2.05, 4.69) is 41.6 Å². The van der Waals surface area contributed by atoms with Crippen LogP contribution in [0, 0.1) is 0 Å². The molecule has 0 aliphatic carbocycles. The minimum atomic E-state index is -4.37. The molecule has 0 saturated carbocycles.